The minimum Gasteiger partial charge on any atom is -0.366 e. The molecule has 0 aliphatic heterocycles. The highest BCUT2D eigenvalue weighted by Crippen LogP contribution is 2.37. The van der Waals surface area contributed by atoms with E-state index in [0.29, 0.717) is 33.9 Å². The fourth-order valence-corrected chi connectivity index (χ4v) is 3.95. The molecule has 3 nitrogen and oxygen atoms in total. The molecule has 0 unspecified atom stereocenters. The van der Waals surface area contributed by atoms with E-state index < -0.39 is 17.6 Å². The third kappa shape index (κ3) is 2.64. The molecule has 4 aromatic rings. The van der Waals surface area contributed by atoms with E-state index in [2.05, 4.69) is 0 Å². The number of nitrogens with zero attached hydrogens (tertiary/aromatic N) is 1. The summed E-state index contributed by atoms with van der Waals surface area (Å²) in [6.45, 7) is 0.418. The number of aromatic nitrogens is 1. The molecule has 2 aromatic carbocycles. The van der Waals surface area contributed by atoms with Crippen LogP contribution in [0.2, 0.25) is 0 Å². The average molecular weight is 374 g/mol. The quantitative estimate of drug-likeness (QED) is 0.538. The first-order valence-corrected chi connectivity index (χ1v) is 8.68. The molecule has 0 radical (unpaired) electrons. The topological polar surface area (TPSA) is 48.0 Å². The molecule has 0 aliphatic carbocycles. The summed E-state index contributed by atoms with van der Waals surface area (Å²) in [5.41, 5.74) is 6.18. The highest BCUT2D eigenvalue weighted by molar-refractivity contribution is 7.09. The second kappa shape index (κ2) is 5.88. The van der Waals surface area contributed by atoms with Gasteiger partial charge >= 0.3 is 6.18 Å². The smallest absolute Gasteiger partial charge is 0.366 e. The maximum Gasteiger partial charge on any atom is 0.416 e. The number of primary amides is 1. The lowest BCUT2D eigenvalue weighted by Gasteiger charge is -2.09. The van der Waals surface area contributed by atoms with E-state index in [1.165, 1.54) is 17.4 Å². The number of hydrogen-bond donors (Lipinski definition) is 1. The minimum atomic E-state index is -4.44. The van der Waals surface area contributed by atoms with Crippen LogP contribution in [0, 0.1) is 0 Å². The van der Waals surface area contributed by atoms with Crippen LogP contribution in [0.15, 0.2) is 53.9 Å². The normalized spacial score (nSPS) is 12.1. The molecule has 26 heavy (non-hydrogen) atoms. The van der Waals surface area contributed by atoms with Crippen molar-refractivity contribution >= 4 is 39.0 Å². The molecule has 0 spiro atoms. The van der Waals surface area contributed by atoms with Crippen LogP contribution in [0.5, 0.6) is 0 Å². The van der Waals surface area contributed by atoms with Gasteiger partial charge in [0.25, 0.3) is 0 Å². The molecule has 0 saturated heterocycles. The van der Waals surface area contributed by atoms with E-state index in [-0.39, 0.29) is 0 Å². The van der Waals surface area contributed by atoms with Crippen LogP contribution in [0.25, 0.3) is 21.8 Å². The molecular formula is C19H13F3N2OS. The maximum absolute atomic E-state index is 13.2. The van der Waals surface area contributed by atoms with Gasteiger partial charge in [0.2, 0.25) is 5.91 Å². The first-order valence-electron chi connectivity index (χ1n) is 7.80. The first-order chi connectivity index (χ1) is 12.4. The van der Waals surface area contributed by atoms with Crippen molar-refractivity contribution in [3.8, 4) is 0 Å². The van der Waals surface area contributed by atoms with E-state index in [9.17, 15) is 18.0 Å². The van der Waals surface area contributed by atoms with Crippen LogP contribution < -0.4 is 5.73 Å². The van der Waals surface area contributed by atoms with Crippen molar-refractivity contribution in [1.82, 2.24) is 4.57 Å². The molecule has 0 fully saturated rings. The Bertz CT molecular complexity index is 1130. The van der Waals surface area contributed by atoms with Gasteiger partial charge in [-0.15, -0.1) is 11.3 Å². The van der Waals surface area contributed by atoms with Crippen molar-refractivity contribution in [3.63, 3.8) is 0 Å². The Morgan fingerprint density at radius 1 is 1.08 bits per heavy atom. The Hall–Kier alpha value is -2.80. The number of amides is 1. The first kappa shape index (κ1) is 16.7. The number of hydrogen-bond acceptors (Lipinski definition) is 2. The van der Waals surface area contributed by atoms with Crippen molar-refractivity contribution in [3.05, 3.63) is 69.9 Å². The van der Waals surface area contributed by atoms with Gasteiger partial charge < -0.3 is 10.3 Å². The molecule has 2 N–H and O–H groups in total. The fourth-order valence-electron chi connectivity index (χ4n) is 3.25. The standard InChI is InChI=1S/C19H13F3N2OS/c20-19(21,22)11-6-7-13-16(9-11)24(10-12-3-2-8-26-12)15-5-1-4-14(17(13)15)18(23)25/h1-9H,10H2,(H2,23,25). The van der Waals surface area contributed by atoms with E-state index in [1.54, 1.807) is 22.8 Å². The van der Waals surface area contributed by atoms with Crippen molar-refractivity contribution in [2.24, 2.45) is 5.73 Å². The molecule has 0 bridgehead atoms. The number of carbonyl (C=O) groups is 1. The molecule has 0 aliphatic rings. The van der Waals surface area contributed by atoms with E-state index in [0.717, 1.165) is 17.0 Å². The lowest BCUT2D eigenvalue weighted by molar-refractivity contribution is -0.137. The Kier molecular flexibility index (Phi) is 3.77. The fraction of sp³-hybridized carbons (Fsp3) is 0.105. The van der Waals surface area contributed by atoms with Gasteiger partial charge in [0.15, 0.2) is 0 Å². The van der Waals surface area contributed by atoms with Gasteiger partial charge in [0.05, 0.1) is 23.1 Å². The van der Waals surface area contributed by atoms with Gasteiger partial charge in [-0.25, -0.2) is 0 Å². The van der Waals surface area contributed by atoms with Gasteiger partial charge in [0, 0.05) is 21.2 Å². The van der Waals surface area contributed by atoms with Crippen LogP contribution in [-0.4, -0.2) is 10.5 Å². The summed E-state index contributed by atoms with van der Waals surface area (Å²) in [7, 11) is 0. The molecule has 4 rings (SSSR count). The highest BCUT2D eigenvalue weighted by Gasteiger charge is 2.31. The average Bonchev–Trinajstić information content (AvgIpc) is 3.21. The van der Waals surface area contributed by atoms with Crippen LogP contribution in [0.4, 0.5) is 13.2 Å². The van der Waals surface area contributed by atoms with Crippen LogP contribution in [0.1, 0.15) is 20.8 Å². The highest BCUT2D eigenvalue weighted by atomic mass is 32.1. The molecule has 132 valence electrons. The number of nitrogens with two attached hydrogens (primary N) is 1. The predicted octanol–water partition coefficient (Wildman–Crippen LogP) is 5.02. The summed E-state index contributed by atoms with van der Waals surface area (Å²) < 4.78 is 41.4. The Balaban J connectivity index is 2.09. The molecule has 7 heteroatoms. The van der Waals surface area contributed by atoms with Crippen LogP contribution in [0.3, 0.4) is 0 Å². The second-order valence-electron chi connectivity index (χ2n) is 5.96. The van der Waals surface area contributed by atoms with Gasteiger partial charge in [-0.2, -0.15) is 13.2 Å². The SMILES string of the molecule is NC(=O)c1cccc2c1c1ccc(C(F)(F)F)cc1n2Cc1cccs1. The Morgan fingerprint density at radius 3 is 2.54 bits per heavy atom. The number of carbonyl (C=O) groups excluding carboxylic acids is 1. The number of halogens is 3. The second-order valence-corrected chi connectivity index (χ2v) is 6.99. The van der Waals surface area contributed by atoms with Crippen molar-refractivity contribution < 1.29 is 18.0 Å². The lowest BCUT2D eigenvalue weighted by atomic mass is 10.0. The molecule has 2 heterocycles. The molecule has 0 atom stereocenters. The monoisotopic (exact) mass is 374 g/mol. The van der Waals surface area contributed by atoms with E-state index in [4.69, 9.17) is 5.73 Å². The zero-order chi connectivity index (χ0) is 18.5. The van der Waals surface area contributed by atoms with Crippen molar-refractivity contribution in [1.29, 1.82) is 0 Å². The number of fused-ring (bicyclic) bond motifs is 3. The third-order valence-electron chi connectivity index (χ3n) is 4.38. The summed E-state index contributed by atoms with van der Waals surface area (Å²) >= 11 is 1.52. The van der Waals surface area contributed by atoms with Crippen LogP contribution in [-0.2, 0) is 12.7 Å². The minimum absolute atomic E-state index is 0.303. The predicted molar refractivity (Wildman–Crippen MR) is 96.4 cm³/mol. The van der Waals surface area contributed by atoms with E-state index in [1.807, 2.05) is 17.5 Å². The summed E-state index contributed by atoms with van der Waals surface area (Å²) in [5.74, 6) is -0.606. The van der Waals surface area contributed by atoms with E-state index >= 15 is 0 Å². The summed E-state index contributed by atoms with van der Waals surface area (Å²) in [4.78, 5) is 12.9. The van der Waals surface area contributed by atoms with Crippen LogP contribution >= 0.6 is 11.3 Å². The number of benzene rings is 2. The van der Waals surface area contributed by atoms with Gasteiger partial charge in [-0.3, -0.25) is 4.79 Å². The zero-order valence-corrected chi connectivity index (χ0v) is 14.2. The summed E-state index contributed by atoms with van der Waals surface area (Å²) in [6.07, 6.45) is -4.44. The molecule has 1 amide bonds. The van der Waals surface area contributed by atoms with Gasteiger partial charge in [0.1, 0.15) is 0 Å². The van der Waals surface area contributed by atoms with Crippen molar-refractivity contribution in [2.45, 2.75) is 12.7 Å². The number of alkyl halides is 3. The molecular weight excluding hydrogens is 361 g/mol. The summed E-state index contributed by atoms with van der Waals surface area (Å²) in [6, 6.07) is 12.5. The van der Waals surface area contributed by atoms with Gasteiger partial charge in [-0.1, -0.05) is 18.2 Å². The zero-order valence-electron chi connectivity index (χ0n) is 13.4. The molecule has 2 aromatic heterocycles. The van der Waals surface area contributed by atoms with Gasteiger partial charge in [-0.05, 0) is 35.7 Å². The third-order valence-corrected chi connectivity index (χ3v) is 5.24. The lowest BCUT2D eigenvalue weighted by Crippen LogP contribution is -2.11. The maximum atomic E-state index is 13.2. The Morgan fingerprint density at radius 2 is 1.88 bits per heavy atom. The molecule has 0 saturated carbocycles. The Labute approximate surface area is 150 Å². The number of thiophene rings is 1. The van der Waals surface area contributed by atoms with Crippen molar-refractivity contribution in [2.75, 3.05) is 0 Å². The number of rotatable bonds is 3. The summed E-state index contributed by atoms with van der Waals surface area (Å²) in [5, 5.41) is 3.08. The largest absolute Gasteiger partial charge is 0.416 e.